The molecule has 106 valence electrons. The molecule has 0 aliphatic carbocycles. The molecule has 0 amide bonds. The molecule has 3 aromatic heterocycles. The van der Waals surface area contributed by atoms with Crippen molar-refractivity contribution in [3.63, 3.8) is 0 Å². The zero-order valence-corrected chi connectivity index (χ0v) is 14.1. The maximum absolute atomic E-state index is 10.8. The van der Waals surface area contributed by atoms with Gasteiger partial charge in [0.2, 0.25) is 0 Å². The topological polar surface area (TPSA) is 67.6 Å². The first-order valence-electron chi connectivity index (χ1n) is 6.42. The SMILES string of the molecule is CC(O)P(I)(c1ccc[nH]1)(c1ccc[nH]1)c1ccc[nH]1. The fourth-order valence-corrected chi connectivity index (χ4v) is 9.57. The fraction of sp³-hybridized carbons (Fsp3) is 0.143. The van der Waals surface area contributed by atoms with E-state index in [4.69, 9.17) is 0 Å². The predicted octanol–water partition coefficient (Wildman–Crippen LogP) is 2.19. The van der Waals surface area contributed by atoms with E-state index in [0.29, 0.717) is 0 Å². The second kappa shape index (κ2) is 4.76. The molecule has 0 aromatic carbocycles. The Hall–Kier alpha value is -1.04. The van der Waals surface area contributed by atoms with Crippen LogP contribution in [-0.2, 0) is 0 Å². The van der Waals surface area contributed by atoms with Crippen LogP contribution in [0.4, 0.5) is 0 Å². The van der Waals surface area contributed by atoms with Crippen LogP contribution in [0.5, 0.6) is 0 Å². The van der Waals surface area contributed by atoms with Crippen molar-refractivity contribution >= 4 is 42.6 Å². The number of nitrogens with one attached hydrogen (secondary N) is 3. The number of hydrogen-bond acceptors (Lipinski definition) is 1. The molecule has 20 heavy (non-hydrogen) atoms. The number of hydrogen-bond donors (Lipinski definition) is 4. The summed E-state index contributed by atoms with van der Waals surface area (Å²) < 4.78 is -2.99. The van der Waals surface area contributed by atoms with Gasteiger partial charge in [-0.25, -0.2) is 0 Å². The van der Waals surface area contributed by atoms with Gasteiger partial charge in [0.05, 0.1) is 0 Å². The molecule has 1 unspecified atom stereocenters. The number of aliphatic hydroxyl groups excluding tert-OH is 1. The van der Waals surface area contributed by atoms with Crippen molar-refractivity contribution in [2.45, 2.75) is 12.8 Å². The Balaban J connectivity index is 2.44. The average Bonchev–Trinajstić information content (AvgIpc) is 3.19. The van der Waals surface area contributed by atoms with Crippen LogP contribution in [0.3, 0.4) is 0 Å². The van der Waals surface area contributed by atoms with Gasteiger partial charge < -0.3 is 0 Å². The molecule has 0 aliphatic heterocycles. The summed E-state index contributed by atoms with van der Waals surface area (Å²) in [5.74, 6) is -0.530. The van der Waals surface area contributed by atoms with E-state index < -0.39 is 10.1 Å². The van der Waals surface area contributed by atoms with Gasteiger partial charge in [-0.15, -0.1) is 0 Å². The van der Waals surface area contributed by atoms with Crippen molar-refractivity contribution in [3.05, 3.63) is 55.0 Å². The monoisotopic (exact) mass is 401 g/mol. The molecule has 1 atom stereocenters. The molecule has 0 radical (unpaired) electrons. The molecule has 0 saturated heterocycles. The molecule has 4 N–H and O–H groups in total. The third kappa shape index (κ3) is 1.60. The Morgan fingerprint density at radius 1 is 0.900 bits per heavy atom. The van der Waals surface area contributed by atoms with Gasteiger partial charge in [0.15, 0.2) is 0 Å². The van der Waals surface area contributed by atoms with Crippen LogP contribution >= 0.6 is 26.3 Å². The quantitative estimate of drug-likeness (QED) is 0.393. The molecular formula is C14H17IN3OP. The molecule has 3 rings (SSSR count). The first-order valence-corrected chi connectivity index (χ1v) is 11.5. The molecule has 3 aromatic rings. The average molecular weight is 401 g/mol. The third-order valence-electron chi connectivity index (χ3n) is 3.86. The molecule has 0 aliphatic rings. The molecular weight excluding hydrogens is 384 g/mol. The summed E-state index contributed by atoms with van der Waals surface area (Å²) in [4.78, 5) is 9.98. The van der Waals surface area contributed by atoms with E-state index in [0.717, 1.165) is 16.3 Å². The zero-order chi connectivity index (χ0) is 14.2. The molecule has 0 bridgehead atoms. The fourth-order valence-electron chi connectivity index (χ4n) is 2.77. The standard InChI is InChI=1S/C14H17IN3OP/c1-11(19)20(15,12-5-2-8-16-12,13-6-3-9-17-13)14-7-4-10-18-14/h2-11,16-19H,1H3. The molecule has 4 nitrogen and oxygen atoms in total. The summed E-state index contributed by atoms with van der Waals surface area (Å²) in [6.07, 6.45) is 5.72. The Morgan fingerprint density at radius 2 is 1.25 bits per heavy atom. The van der Waals surface area contributed by atoms with Gasteiger partial charge >= 0.3 is 130 Å². The van der Waals surface area contributed by atoms with Crippen LogP contribution in [0.1, 0.15) is 6.92 Å². The van der Waals surface area contributed by atoms with Crippen molar-refractivity contribution in [2.24, 2.45) is 0 Å². The van der Waals surface area contributed by atoms with Crippen LogP contribution < -0.4 is 16.3 Å². The van der Waals surface area contributed by atoms with Crippen LogP contribution in [0.15, 0.2) is 55.0 Å². The van der Waals surface area contributed by atoms with Crippen LogP contribution in [0.2, 0.25) is 0 Å². The van der Waals surface area contributed by atoms with Gasteiger partial charge in [-0.05, 0) is 0 Å². The predicted molar refractivity (Wildman–Crippen MR) is 93.9 cm³/mol. The maximum atomic E-state index is 10.8. The summed E-state index contributed by atoms with van der Waals surface area (Å²) >= 11 is 2.47. The number of aromatic amines is 3. The van der Waals surface area contributed by atoms with Gasteiger partial charge in [-0.2, -0.15) is 0 Å². The Bertz CT molecular complexity index is 587. The van der Waals surface area contributed by atoms with Gasteiger partial charge in [0.25, 0.3) is 0 Å². The van der Waals surface area contributed by atoms with Crippen LogP contribution in [-0.4, -0.2) is 25.9 Å². The zero-order valence-electron chi connectivity index (χ0n) is 11.0. The molecule has 0 spiro atoms. The number of H-pyrrole nitrogens is 3. The first kappa shape index (κ1) is 13.9. The second-order valence-electron chi connectivity index (χ2n) is 4.87. The number of aromatic nitrogens is 3. The minimum atomic E-state index is -2.99. The number of halogens is 1. The van der Waals surface area contributed by atoms with Gasteiger partial charge in [0, 0.05) is 0 Å². The second-order valence-corrected chi connectivity index (χ2v) is 15.2. The van der Waals surface area contributed by atoms with Crippen molar-refractivity contribution in [3.8, 4) is 0 Å². The van der Waals surface area contributed by atoms with E-state index in [2.05, 4.69) is 55.2 Å². The van der Waals surface area contributed by atoms with E-state index in [1.165, 1.54) is 0 Å². The van der Waals surface area contributed by atoms with E-state index in [1.54, 1.807) is 0 Å². The van der Waals surface area contributed by atoms with Crippen molar-refractivity contribution in [2.75, 3.05) is 0 Å². The summed E-state index contributed by atoms with van der Waals surface area (Å²) in [6.45, 7) is 1.87. The van der Waals surface area contributed by atoms with E-state index >= 15 is 0 Å². The summed E-state index contributed by atoms with van der Waals surface area (Å²) in [5.41, 5.74) is 3.16. The van der Waals surface area contributed by atoms with Gasteiger partial charge in [0.1, 0.15) is 0 Å². The van der Waals surface area contributed by atoms with Gasteiger partial charge in [-0.1, -0.05) is 0 Å². The van der Waals surface area contributed by atoms with E-state index in [9.17, 15) is 5.11 Å². The van der Waals surface area contributed by atoms with E-state index in [-0.39, 0.29) is 0 Å². The van der Waals surface area contributed by atoms with E-state index in [1.807, 2.05) is 43.7 Å². The molecule has 6 heteroatoms. The number of aliphatic hydroxyl groups is 1. The summed E-state index contributed by atoms with van der Waals surface area (Å²) in [6, 6.07) is 12.1. The van der Waals surface area contributed by atoms with Crippen molar-refractivity contribution in [1.82, 2.24) is 15.0 Å². The van der Waals surface area contributed by atoms with Crippen molar-refractivity contribution < 1.29 is 5.11 Å². The molecule has 0 saturated carbocycles. The van der Waals surface area contributed by atoms with Gasteiger partial charge in [-0.3, -0.25) is 0 Å². The molecule has 0 fully saturated rings. The molecule has 3 heterocycles. The Morgan fingerprint density at radius 3 is 1.45 bits per heavy atom. The van der Waals surface area contributed by atoms with Crippen LogP contribution in [0, 0.1) is 0 Å². The Labute approximate surface area is 130 Å². The summed E-state index contributed by atoms with van der Waals surface area (Å²) in [5, 5.41) is 10.8. The normalized spacial score (nSPS) is 15.7. The first-order chi connectivity index (χ1) is 9.58. The summed E-state index contributed by atoms with van der Waals surface area (Å²) in [7, 11) is 0. The Kier molecular flexibility index (Phi) is 3.31. The minimum absolute atomic E-state index is 0.530. The number of rotatable bonds is 4. The third-order valence-corrected chi connectivity index (χ3v) is 16.0. The van der Waals surface area contributed by atoms with Crippen LogP contribution in [0.25, 0.3) is 0 Å². The van der Waals surface area contributed by atoms with Crippen molar-refractivity contribution in [1.29, 1.82) is 0 Å².